The molecule has 1 aliphatic heterocycles. The number of nitrogens with zero attached hydrogens (tertiary/aromatic N) is 4. The van der Waals surface area contributed by atoms with Crippen LogP contribution in [0.1, 0.15) is 44.6 Å². The van der Waals surface area contributed by atoms with E-state index in [1.54, 1.807) is 29.2 Å². The summed E-state index contributed by atoms with van der Waals surface area (Å²) in [5.41, 5.74) is 1.66. The van der Waals surface area contributed by atoms with Crippen molar-refractivity contribution in [3.63, 3.8) is 0 Å². The molecule has 0 saturated heterocycles. The molecule has 1 amide bonds. The molecule has 0 unspecified atom stereocenters. The molecule has 2 aromatic carbocycles. The lowest BCUT2D eigenvalue weighted by Crippen LogP contribution is -2.33. The lowest BCUT2D eigenvalue weighted by atomic mass is 10.1. The second-order valence-electron chi connectivity index (χ2n) is 8.33. The van der Waals surface area contributed by atoms with Gasteiger partial charge >= 0.3 is 5.56 Å². The van der Waals surface area contributed by atoms with Crippen LogP contribution in [0.4, 0.5) is 5.69 Å². The molecule has 0 atom stereocenters. The summed E-state index contributed by atoms with van der Waals surface area (Å²) in [5, 5.41) is 4.32. The Labute approximate surface area is 200 Å². The lowest BCUT2D eigenvalue weighted by molar-refractivity contribution is -0.113. The maximum Gasteiger partial charge on any atom is 0.300 e. The Hall–Kier alpha value is -3.65. The fraction of sp³-hybridized carbons (Fsp3) is 0.269. The van der Waals surface area contributed by atoms with Crippen LogP contribution < -0.4 is 20.6 Å². The van der Waals surface area contributed by atoms with Crippen molar-refractivity contribution < 1.29 is 4.79 Å². The number of rotatable bonds is 7. The number of anilines is 1. The largest absolute Gasteiger partial charge is 0.308 e. The quantitative estimate of drug-likeness (QED) is 0.385. The van der Waals surface area contributed by atoms with E-state index in [4.69, 9.17) is 0 Å². The zero-order valence-electron chi connectivity index (χ0n) is 18.9. The van der Waals surface area contributed by atoms with Gasteiger partial charge in [0.2, 0.25) is 4.96 Å². The zero-order chi connectivity index (χ0) is 23.7. The van der Waals surface area contributed by atoms with E-state index < -0.39 is 11.1 Å². The van der Waals surface area contributed by atoms with E-state index in [2.05, 4.69) is 17.0 Å². The molecule has 0 N–H and O–H groups in total. The molecule has 7 nitrogen and oxygen atoms in total. The van der Waals surface area contributed by atoms with E-state index in [1.165, 1.54) is 12.8 Å². The third-order valence-electron chi connectivity index (χ3n) is 6.04. The van der Waals surface area contributed by atoms with Crippen molar-refractivity contribution in [1.82, 2.24) is 14.6 Å². The Morgan fingerprint density at radius 2 is 1.62 bits per heavy atom. The molecule has 172 valence electrons. The molecule has 8 heteroatoms. The maximum atomic E-state index is 13.5. The number of hydrogen-bond donors (Lipinski definition) is 0. The summed E-state index contributed by atoms with van der Waals surface area (Å²) in [6.07, 6.45) is 5.46. The number of benzene rings is 2. The van der Waals surface area contributed by atoms with Gasteiger partial charge in [-0.25, -0.2) is 0 Å². The summed E-state index contributed by atoms with van der Waals surface area (Å²) in [4.78, 5) is 45.6. The summed E-state index contributed by atoms with van der Waals surface area (Å²) in [6, 6.07) is 16.5. The number of carbonyl (C=O) groups excluding carboxylic acids is 1. The summed E-state index contributed by atoms with van der Waals surface area (Å²) in [5.74, 6) is -0.188. The van der Waals surface area contributed by atoms with Crippen molar-refractivity contribution >= 4 is 33.5 Å². The van der Waals surface area contributed by atoms with Gasteiger partial charge in [-0.15, -0.1) is 0 Å². The molecule has 5 rings (SSSR count). The van der Waals surface area contributed by atoms with Crippen LogP contribution in [0.25, 0.3) is 21.8 Å². The number of carbonyl (C=O) groups is 1. The van der Waals surface area contributed by atoms with Crippen molar-refractivity contribution in [3.8, 4) is 11.3 Å². The van der Waals surface area contributed by atoms with Gasteiger partial charge in [0.15, 0.2) is 5.69 Å². The monoisotopic (exact) mass is 472 g/mol. The fourth-order valence-corrected chi connectivity index (χ4v) is 5.33. The standard InChI is InChI=1S/C26H24N4O3S/c1-2-3-4-5-11-16-29-19-15-10-9-14-18(19)20(24(29)32)22-25(33)30-26(34-22)27-23(31)21(28-30)17-12-7-6-8-13-17/h6-10,12-15H,2-5,11,16H2,1H3/b22-20-. The lowest BCUT2D eigenvalue weighted by Gasteiger charge is -2.16. The average molecular weight is 473 g/mol. The number of hydrogen-bond acceptors (Lipinski definition) is 6. The molecule has 0 radical (unpaired) electrons. The zero-order valence-corrected chi connectivity index (χ0v) is 19.7. The Bertz CT molecular complexity index is 1540. The second kappa shape index (κ2) is 9.30. The normalized spacial score (nSPS) is 14.7. The van der Waals surface area contributed by atoms with Gasteiger partial charge in [0.05, 0.1) is 11.3 Å². The summed E-state index contributed by atoms with van der Waals surface area (Å²) < 4.78 is 1.40. The first-order chi connectivity index (χ1) is 16.6. The summed E-state index contributed by atoms with van der Waals surface area (Å²) in [6.45, 7) is 2.78. The molecule has 1 aliphatic rings. The van der Waals surface area contributed by atoms with Gasteiger partial charge in [0, 0.05) is 17.7 Å². The van der Waals surface area contributed by atoms with Crippen LogP contribution in [0.15, 0.2) is 64.2 Å². The van der Waals surface area contributed by atoms with E-state index in [0.29, 0.717) is 17.7 Å². The summed E-state index contributed by atoms with van der Waals surface area (Å²) in [7, 11) is 0. The first kappa shape index (κ1) is 22.2. The van der Waals surface area contributed by atoms with Crippen LogP contribution in [0.3, 0.4) is 0 Å². The number of amides is 1. The van der Waals surface area contributed by atoms with E-state index in [9.17, 15) is 14.4 Å². The van der Waals surface area contributed by atoms with E-state index >= 15 is 0 Å². The molecular weight excluding hydrogens is 448 g/mol. The maximum absolute atomic E-state index is 13.5. The molecule has 0 fully saturated rings. The molecular formula is C26H24N4O3S. The first-order valence-electron chi connectivity index (χ1n) is 11.5. The minimum atomic E-state index is -0.504. The van der Waals surface area contributed by atoms with Gasteiger partial charge in [0.25, 0.3) is 11.5 Å². The SMILES string of the molecule is CCCCCCCN1C(=O)/C(=c2\sc3nc(=O)c(-c4ccccc4)nn3c2=O)c2ccccc21. The van der Waals surface area contributed by atoms with Crippen LogP contribution in [0, 0.1) is 0 Å². The van der Waals surface area contributed by atoms with Crippen molar-refractivity contribution in [2.45, 2.75) is 39.0 Å². The van der Waals surface area contributed by atoms with Gasteiger partial charge in [0.1, 0.15) is 4.53 Å². The first-order valence-corrected chi connectivity index (χ1v) is 12.4. The number of unbranched alkanes of at least 4 members (excludes halogenated alkanes) is 4. The highest BCUT2D eigenvalue weighted by Crippen LogP contribution is 2.35. The third-order valence-corrected chi connectivity index (χ3v) is 7.07. The molecule has 3 heterocycles. The Morgan fingerprint density at radius 1 is 0.882 bits per heavy atom. The number of fused-ring (bicyclic) bond motifs is 2. The van der Waals surface area contributed by atoms with Gasteiger partial charge in [-0.3, -0.25) is 14.4 Å². The van der Waals surface area contributed by atoms with Crippen molar-refractivity contribution in [2.75, 3.05) is 11.4 Å². The Morgan fingerprint density at radius 3 is 2.41 bits per heavy atom. The minimum Gasteiger partial charge on any atom is -0.308 e. The van der Waals surface area contributed by atoms with E-state index in [-0.39, 0.29) is 21.1 Å². The smallest absolute Gasteiger partial charge is 0.300 e. The number of para-hydroxylation sites is 1. The van der Waals surface area contributed by atoms with Gasteiger partial charge < -0.3 is 4.90 Å². The number of aromatic nitrogens is 3. The van der Waals surface area contributed by atoms with Crippen LogP contribution in [0.5, 0.6) is 0 Å². The highest BCUT2D eigenvalue weighted by Gasteiger charge is 2.33. The Kier molecular flexibility index (Phi) is 6.06. The van der Waals surface area contributed by atoms with E-state index in [0.717, 1.165) is 46.4 Å². The minimum absolute atomic E-state index is 0.108. The van der Waals surface area contributed by atoms with Crippen LogP contribution in [-0.2, 0) is 4.79 Å². The molecule has 34 heavy (non-hydrogen) atoms. The highest BCUT2D eigenvalue weighted by atomic mass is 32.1. The molecule has 0 saturated carbocycles. The van der Waals surface area contributed by atoms with Crippen LogP contribution in [0.2, 0.25) is 0 Å². The van der Waals surface area contributed by atoms with Crippen molar-refractivity contribution in [2.24, 2.45) is 0 Å². The fourth-order valence-electron chi connectivity index (χ4n) is 4.33. The van der Waals surface area contributed by atoms with Crippen molar-refractivity contribution in [3.05, 3.63) is 85.4 Å². The van der Waals surface area contributed by atoms with E-state index in [1.807, 2.05) is 30.3 Å². The topological polar surface area (TPSA) is 84.6 Å². The highest BCUT2D eigenvalue weighted by molar-refractivity contribution is 7.15. The third kappa shape index (κ3) is 3.84. The number of thiazole rings is 1. The van der Waals surface area contributed by atoms with Gasteiger partial charge in [-0.2, -0.15) is 14.6 Å². The predicted octanol–water partition coefficient (Wildman–Crippen LogP) is 3.41. The van der Waals surface area contributed by atoms with Crippen LogP contribution >= 0.6 is 11.3 Å². The molecule has 0 aliphatic carbocycles. The molecule has 4 aromatic rings. The molecule has 0 bridgehead atoms. The van der Waals surface area contributed by atoms with Gasteiger partial charge in [-0.1, -0.05) is 92.5 Å². The van der Waals surface area contributed by atoms with Crippen LogP contribution in [-0.4, -0.2) is 27.0 Å². The van der Waals surface area contributed by atoms with Gasteiger partial charge in [-0.05, 0) is 12.5 Å². The van der Waals surface area contributed by atoms with Crippen molar-refractivity contribution in [1.29, 1.82) is 0 Å². The molecule has 0 spiro atoms. The molecule has 2 aromatic heterocycles. The average Bonchev–Trinajstić information content (AvgIpc) is 3.31. The second-order valence-corrected chi connectivity index (χ2v) is 9.30. The Balaban J connectivity index is 1.62. The summed E-state index contributed by atoms with van der Waals surface area (Å²) >= 11 is 1.04. The predicted molar refractivity (Wildman–Crippen MR) is 134 cm³/mol.